The van der Waals surface area contributed by atoms with Crippen molar-refractivity contribution in [2.75, 3.05) is 13.1 Å². The second-order valence-corrected chi connectivity index (χ2v) is 3.19. The van der Waals surface area contributed by atoms with Crippen molar-refractivity contribution in [2.24, 2.45) is 0 Å². The molecule has 0 atom stereocenters. The summed E-state index contributed by atoms with van der Waals surface area (Å²) in [6, 6.07) is 0.331. The second kappa shape index (κ2) is 3.16. The number of aromatic nitrogens is 3. The molecule has 2 heterocycles. The minimum Gasteiger partial charge on any atom is -0.338 e. The molecule has 1 amide bonds. The Labute approximate surface area is 76.3 Å². The van der Waals surface area contributed by atoms with Crippen molar-refractivity contribution < 1.29 is 4.79 Å². The van der Waals surface area contributed by atoms with E-state index in [9.17, 15) is 4.79 Å². The number of amides is 1. The van der Waals surface area contributed by atoms with Crippen LogP contribution in [0.1, 0.15) is 19.4 Å². The summed E-state index contributed by atoms with van der Waals surface area (Å²) in [6.07, 6.45) is 4.08. The molecule has 0 unspecified atom stereocenters. The lowest BCUT2D eigenvalue weighted by atomic mass is 10.1. The van der Waals surface area contributed by atoms with Crippen LogP contribution in [-0.4, -0.2) is 38.9 Å². The van der Waals surface area contributed by atoms with Gasteiger partial charge in [-0.05, 0) is 0 Å². The quantitative estimate of drug-likeness (QED) is 0.647. The highest BCUT2D eigenvalue weighted by Crippen LogP contribution is 2.19. The van der Waals surface area contributed by atoms with Gasteiger partial charge in [0, 0.05) is 25.7 Å². The minimum absolute atomic E-state index is 0.219. The third-order valence-electron chi connectivity index (χ3n) is 2.33. The van der Waals surface area contributed by atoms with Gasteiger partial charge in [-0.3, -0.25) is 4.79 Å². The summed E-state index contributed by atoms with van der Waals surface area (Å²) in [4.78, 5) is 13.0. The number of hydrogen-bond acceptors (Lipinski definition) is 3. The van der Waals surface area contributed by atoms with Gasteiger partial charge in [0.15, 0.2) is 0 Å². The van der Waals surface area contributed by atoms with Crippen LogP contribution in [0.25, 0.3) is 0 Å². The largest absolute Gasteiger partial charge is 0.338 e. The van der Waals surface area contributed by atoms with Gasteiger partial charge in [0.25, 0.3) is 0 Å². The lowest BCUT2D eigenvalue weighted by Gasteiger charge is -2.38. The number of carbonyl (C=O) groups is 1. The molecular formula is C8H12N4O. The maximum Gasteiger partial charge on any atom is 0.222 e. The molecular weight excluding hydrogens is 168 g/mol. The van der Waals surface area contributed by atoms with Crippen molar-refractivity contribution in [3.63, 3.8) is 0 Å². The lowest BCUT2D eigenvalue weighted by Crippen LogP contribution is -2.50. The summed E-state index contributed by atoms with van der Waals surface area (Å²) in [5, 5.41) is 7.61. The Morgan fingerprint density at radius 1 is 1.62 bits per heavy atom. The predicted octanol–water partition coefficient (Wildman–Crippen LogP) is 0.0714. The third-order valence-corrected chi connectivity index (χ3v) is 2.33. The van der Waals surface area contributed by atoms with E-state index in [4.69, 9.17) is 0 Å². The van der Waals surface area contributed by atoms with Crippen LogP contribution in [0, 0.1) is 0 Å². The second-order valence-electron chi connectivity index (χ2n) is 3.19. The van der Waals surface area contributed by atoms with Crippen molar-refractivity contribution in [1.82, 2.24) is 19.9 Å². The molecule has 0 spiro atoms. The van der Waals surface area contributed by atoms with Gasteiger partial charge < -0.3 is 4.90 Å². The first-order chi connectivity index (χ1) is 6.31. The van der Waals surface area contributed by atoms with Crippen molar-refractivity contribution >= 4 is 5.91 Å². The fourth-order valence-corrected chi connectivity index (χ4v) is 1.46. The first-order valence-electron chi connectivity index (χ1n) is 4.45. The zero-order chi connectivity index (χ0) is 9.26. The van der Waals surface area contributed by atoms with Crippen LogP contribution < -0.4 is 0 Å². The number of nitrogens with zero attached hydrogens (tertiary/aromatic N) is 4. The summed E-state index contributed by atoms with van der Waals surface area (Å²) in [6.45, 7) is 3.43. The Kier molecular flexibility index (Phi) is 2.00. The van der Waals surface area contributed by atoms with Crippen molar-refractivity contribution in [3.8, 4) is 0 Å². The molecule has 1 aromatic heterocycles. The molecule has 0 N–H and O–H groups in total. The van der Waals surface area contributed by atoms with Gasteiger partial charge in [-0.15, -0.1) is 5.10 Å². The Morgan fingerprint density at radius 3 is 2.92 bits per heavy atom. The van der Waals surface area contributed by atoms with E-state index < -0.39 is 0 Å². The zero-order valence-electron chi connectivity index (χ0n) is 7.55. The number of rotatable bonds is 2. The van der Waals surface area contributed by atoms with Crippen LogP contribution in [0.5, 0.6) is 0 Å². The van der Waals surface area contributed by atoms with E-state index in [1.807, 2.05) is 18.0 Å². The van der Waals surface area contributed by atoms with Gasteiger partial charge in [-0.2, -0.15) is 0 Å². The number of carbonyl (C=O) groups excluding carboxylic acids is 1. The molecule has 0 radical (unpaired) electrons. The van der Waals surface area contributed by atoms with Crippen molar-refractivity contribution in [1.29, 1.82) is 0 Å². The maximum absolute atomic E-state index is 11.2. The van der Waals surface area contributed by atoms with Crippen LogP contribution in [0.3, 0.4) is 0 Å². The highest BCUT2D eigenvalue weighted by Gasteiger charge is 2.31. The minimum atomic E-state index is 0.219. The average Bonchev–Trinajstić information content (AvgIpc) is 2.54. The molecule has 1 aromatic rings. The molecule has 5 nitrogen and oxygen atoms in total. The first-order valence-corrected chi connectivity index (χ1v) is 4.45. The molecule has 5 heteroatoms. The first kappa shape index (κ1) is 8.22. The van der Waals surface area contributed by atoms with Gasteiger partial charge in [-0.1, -0.05) is 12.1 Å². The van der Waals surface area contributed by atoms with Gasteiger partial charge in [-0.25, -0.2) is 4.68 Å². The molecule has 0 aromatic carbocycles. The molecule has 1 saturated heterocycles. The van der Waals surface area contributed by atoms with Crippen LogP contribution >= 0.6 is 0 Å². The highest BCUT2D eigenvalue weighted by molar-refractivity contribution is 5.76. The van der Waals surface area contributed by atoms with E-state index in [1.54, 1.807) is 10.9 Å². The van der Waals surface area contributed by atoms with Crippen LogP contribution in [0.15, 0.2) is 12.4 Å². The lowest BCUT2D eigenvalue weighted by molar-refractivity contribution is -0.136. The molecule has 13 heavy (non-hydrogen) atoms. The van der Waals surface area contributed by atoms with Crippen LogP contribution in [0.2, 0.25) is 0 Å². The molecule has 0 aliphatic carbocycles. The predicted molar refractivity (Wildman–Crippen MR) is 45.9 cm³/mol. The summed E-state index contributed by atoms with van der Waals surface area (Å²) < 4.78 is 1.80. The molecule has 1 aliphatic heterocycles. The van der Waals surface area contributed by atoms with E-state index in [0.29, 0.717) is 12.5 Å². The van der Waals surface area contributed by atoms with E-state index in [0.717, 1.165) is 13.1 Å². The molecule has 1 aliphatic rings. The maximum atomic E-state index is 11.2. The topological polar surface area (TPSA) is 51.0 Å². The summed E-state index contributed by atoms with van der Waals surface area (Å²) in [7, 11) is 0. The van der Waals surface area contributed by atoms with Crippen molar-refractivity contribution in [3.05, 3.63) is 12.4 Å². The smallest absolute Gasteiger partial charge is 0.222 e. The molecule has 70 valence electrons. The summed E-state index contributed by atoms with van der Waals surface area (Å²) >= 11 is 0. The Bertz CT molecular complexity index is 289. The Morgan fingerprint density at radius 2 is 2.38 bits per heavy atom. The molecule has 0 bridgehead atoms. The number of hydrogen-bond donors (Lipinski definition) is 0. The van der Waals surface area contributed by atoms with Gasteiger partial charge >= 0.3 is 0 Å². The summed E-state index contributed by atoms with van der Waals surface area (Å²) in [5.41, 5.74) is 0. The Balaban J connectivity index is 1.89. The summed E-state index contributed by atoms with van der Waals surface area (Å²) in [5.74, 6) is 0.219. The fraction of sp³-hybridized carbons (Fsp3) is 0.625. The molecule has 0 saturated carbocycles. The van der Waals surface area contributed by atoms with E-state index in [2.05, 4.69) is 10.3 Å². The zero-order valence-corrected chi connectivity index (χ0v) is 7.55. The monoisotopic (exact) mass is 180 g/mol. The van der Waals surface area contributed by atoms with E-state index in [-0.39, 0.29) is 5.91 Å². The average molecular weight is 180 g/mol. The molecule has 1 fully saturated rings. The van der Waals surface area contributed by atoms with Crippen LogP contribution in [0.4, 0.5) is 0 Å². The van der Waals surface area contributed by atoms with E-state index >= 15 is 0 Å². The standard InChI is InChI=1S/C8H12N4O/c1-2-8(13)11-5-7(6-11)12-4-3-9-10-12/h3-4,7H,2,5-6H2,1H3. The van der Waals surface area contributed by atoms with E-state index in [1.165, 1.54) is 0 Å². The van der Waals surface area contributed by atoms with Gasteiger partial charge in [0.2, 0.25) is 5.91 Å². The van der Waals surface area contributed by atoms with Crippen LogP contribution in [-0.2, 0) is 4.79 Å². The van der Waals surface area contributed by atoms with Gasteiger partial charge in [0.05, 0.1) is 12.2 Å². The van der Waals surface area contributed by atoms with Crippen molar-refractivity contribution in [2.45, 2.75) is 19.4 Å². The third kappa shape index (κ3) is 1.41. The Hall–Kier alpha value is -1.39. The fourth-order valence-electron chi connectivity index (χ4n) is 1.46. The highest BCUT2D eigenvalue weighted by atomic mass is 16.2. The SMILES string of the molecule is CCC(=O)N1CC(n2ccnn2)C1. The van der Waals surface area contributed by atoms with Gasteiger partial charge in [0.1, 0.15) is 0 Å². The normalized spacial score (nSPS) is 17.2. The number of likely N-dealkylation sites (tertiary alicyclic amines) is 1. The molecule has 2 rings (SSSR count).